The molecule has 4 aromatic rings. The van der Waals surface area contributed by atoms with Gasteiger partial charge in [0.1, 0.15) is 0 Å². The summed E-state index contributed by atoms with van der Waals surface area (Å²) < 4.78 is 35.6. The van der Waals surface area contributed by atoms with Crippen molar-refractivity contribution in [3.63, 3.8) is 0 Å². The van der Waals surface area contributed by atoms with Crippen LogP contribution in [-0.2, 0) is 4.79 Å². The zero-order chi connectivity index (χ0) is 29.3. The van der Waals surface area contributed by atoms with Gasteiger partial charge in [-0.15, -0.1) is 0 Å². The van der Waals surface area contributed by atoms with Crippen molar-refractivity contribution in [2.75, 3.05) is 46.2 Å². The molecule has 2 N–H and O–H groups in total. The predicted octanol–water partition coefficient (Wildman–Crippen LogP) is 3.63. The molecule has 0 aliphatic carbocycles. The first kappa shape index (κ1) is 28.0. The maximum Gasteiger partial charge on any atom is 0.251 e. The Bertz CT molecular complexity index is 1620. The van der Waals surface area contributed by atoms with Crippen LogP contribution in [0.25, 0.3) is 16.9 Å². The lowest BCUT2D eigenvalue weighted by atomic mass is 10.1. The van der Waals surface area contributed by atoms with Gasteiger partial charge in [-0.1, -0.05) is 0 Å². The molecule has 0 saturated carbocycles. The van der Waals surface area contributed by atoms with E-state index in [2.05, 4.69) is 20.6 Å². The molecule has 3 heterocycles. The summed E-state index contributed by atoms with van der Waals surface area (Å²) in [5.74, 6) is -2.04. The fourth-order valence-electron chi connectivity index (χ4n) is 4.97. The largest absolute Gasteiger partial charge is 0.494 e. The number of likely N-dealkylation sites (tertiary alicyclic amines) is 1. The predicted molar refractivity (Wildman–Crippen MR) is 150 cm³/mol. The van der Waals surface area contributed by atoms with Gasteiger partial charge in [-0.3, -0.25) is 14.0 Å². The second-order valence-electron chi connectivity index (χ2n) is 10.2. The third-order valence-electron chi connectivity index (χ3n) is 7.03. The molecule has 2 aromatic heterocycles. The number of imidazole rings is 1. The van der Waals surface area contributed by atoms with Crippen LogP contribution in [0.1, 0.15) is 22.3 Å². The maximum atomic E-state index is 14.8. The number of hydrogen-bond acceptors (Lipinski definition) is 7. The molecule has 10 nitrogen and oxygen atoms in total. The topological polar surface area (TPSA) is 104 Å². The van der Waals surface area contributed by atoms with Crippen LogP contribution < -0.4 is 15.4 Å². The summed E-state index contributed by atoms with van der Waals surface area (Å²) in [5, 5.41) is 6.25. The standard InChI is InChI=1S/C29H31F2N7O3/c1-17-13-18(5-6-20(17)29(40)35-19-9-11-37(15-19)24(39)16-36(2)3)34-27-28-33-14-22(38(28)12-10-32-27)21-7-8-23(41-4)26(31)25(21)30/h5-8,10,12-14,19H,9,11,15-16H2,1-4H3,(H,32,34)(H,35,40)/t19-/m0/s1. The number of aromatic nitrogens is 3. The first-order valence-electron chi connectivity index (χ1n) is 13.1. The van der Waals surface area contributed by atoms with E-state index in [1.54, 1.807) is 27.6 Å². The third kappa shape index (κ3) is 5.68. The molecule has 1 aliphatic rings. The van der Waals surface area contributed by atoms with E-state index in [0.29, 0.717) is 54.5 Å². The van der Waals surface area contributed by atoms with Crippen LogP contribution in [0.15, 0.2) is 48.9 Å². The van der Waals surface area contributed by atoms with Gasteiger partial charge in [0.25, 0.3) is 5.91 Å². The van der Waals surface area contributed by atoms with Crippen molar-refractivity contribution in [2.24, 2.45) is 0 Å². The first-order valence-corrected chi connectivity index (χ1v) is 13.1. The summed E-state index contributed by atoms with van der Waals surface area (Å²) in [7, 11) is 4.97. The van der Waals surface area contributed by atoms with E-state index in [1.807, 2.05) is 32.0 Å². The number of likely N-dealkylation sites (N-methyl/N-ethyl adjacent to an activating group) is 1. The van der Waals surface area contributed by atoms with Gasteiger partial charge >= 0.3 is 0 Å². The number of amides is 2. The molecule has 12 heteroatoms. The molecule has 0 radical (unpaired) electrons. The molecule has 214 valence electrons. The molecule has 0 bridgehead atoms. The Morgan fingerprint density at radius 1 is 1.15 bits per heavy atom. The Kier molecular flexibility index (Phi) is 7.84. The number of carbonyl (C=O) groups excluding carboxylic acids is 2. The number of carbonyl (C=O) groups is 2. The normalized spacial score (nSPS) is 15.0. The lowest BCUT2D eigenvalue weighted by Gasteiger charge is -2.19. The number of rotatable bonds is 8. The van der Waals surface area contributed by atoms with E-state index in [9.17, 15) is 18.4 Å². The summed E-state index contributed by atoms with van der Waals surface area (Å²) in [5.41, 5.74) is 2.74. The second-order valence-corrected chi connectivity index (χ2v) is 10.2. The number of ether oxygens (including phenoxy) is 1. The van der Waals surface area contributed by atoms with Crippen LogP contribution >= 0.6 is 0 Å². The lowest BCUT2D eigenvalue weighted by Crippen LogP contribution is -2.41. The molecule has 1 atom stereocenters. The average Bonchev–Trinajstić information content (AvgIpc) is 3.58. The number of halogens is 2. The Morgan fingerprint density at radius 3 is 2.68 bits per heavy atom. The summed E-state index contributed by atoms with van der Waals surface area (Å²) in [6, 6.07) is 8.00. The zero-order valence-electron chi connectivity index (χ0n) is 23.2. The fourth-order valence-corrected chi connectivity index (χ4v) is 4.97. The van der Waals surface area contributed by atoms with Crippen molar-refractivity contribution < 1.29 is 23.1 Å². The fraction of sp³-hybridized carbons (Fsp3) is 0.310. The number of nitrogens with one attached hydrogen (secondary N) is 2. The molecule has 2 amide bonds. The lowest BCUT2D eigenvalue weighted by molar-refractivity contribution is -0.130. The quantitative estimate of drug-likeness (QED) is 0.338. The highest BCUT2D eigenvalue weighted by Gasteiger charge is 2.28. The molecule has 5 rings (SSSR count). The average molecular weight is 564 g/mol. The van der Waals surface area contributed by atoms with E-state index in [0.717, 1.165) is 5.56 Å². The van der Waals surface area contributed by atoms with Gasteiger partial charge in [-0.25, -0.2) is 14.4 Å². The van der Waals surface area contributed by atoms with Gasteiger partial charge in [-0.2, -0.15) is 4.39 Å². The molecule has 1 aliphatic heterocycles. The zero-order valence-corrected chi connectivity index (χ0v) is 23.2. The number of nitrogens with zero attached hydrogens (tertiary/aromatic N) is 5. The summed E-state index contributed by atoms with van der Waals surface area (Å²) in [4.78, 5) is 37.7. The number of benzene rings is 2. The van der Waals surface area contributed by atoms with Gasteiger partial charge in [0.05, 0.1) is 25.5 Å². The second kappa shape index (κ2) is 11.5. The van der Waals surface area contributed by atoms with Crippen LogP contribution in [0.4, 0.5) is 20.3 Å². The van der Waals surface area contributed by atoms with E-state index in [1.165, 1.54) is 31.6 Å². The first-order chi connectivity index (χ1) is 19.7. The number of methoxy groups -OCH3 is 1. The number of hydrogen-bond donors (Lipinski definition) is 2. The minimum atomic E-state index is -1.07. The van der Waals surface area contributed by atoms with Gasteiger partial charge in [0, 0.05) is 48.3 Å². The Balaban J connectivity index is 1.30. The van der Waals surface area contributed by atoms with Crippen molar-refractivity contribution in [1.29, 1.82) is 0 Å². The van der Waals surface area contributed by atoms with Crippen molar-refractivity contribution in [1.82, 2.24) is 29.5 Å². The van der Waals surface area contributed by atoms with E-state index >= 15 is 0 Å². The monoisotopic (exact) mass is 563 g/mol. The van der Waals surface area contributed by atoms with Crippen LogP contribution in [0, 0.1) is 18.6 Å². The summed E-state index contributed by atoms with van der Waals surface area (Å²) >= 11 is 0. The number of fused-ring (bicyclic) bond motifs is 1. The number of anilines is 2. The van der Waals surface area contributed by atoms with Crippen molar-refractivity contribution in [3.05, 3.63) is 71.7 Å². The molecule has 1 saturated heterocycles. The highest BCUT2D eigenvalue weighted by Crippen LogP contribution is 2.31. The van der Waals surface area contributed by atoms with E-state index < -0.39 is 11.6 Å². The van der Waals surface area contributed by atoms with Gasteiger partial charge in [-0.05, 0) is 63.3 Å². The van der Waals surface area contributed by atoms with Crippen molar-refractivity contribution in [3.8, 4) is 17.0 Å². The van der Waals surface area contributed by atoms with E-state index in [-0.39, 0.29) is 29.2 Å². The van der Waals surface area contributed by atoms with Crippen LogP contribution in [-0.4, -0.2) is 82.9 Å². The minimum Gasteiger partial charge on any atom is -0.494 e. The SMILES string of the molecule is COc1ccc(-c2cnc3c(Nc4ccc(C(=O)N[C@H]5CCN(C(=O)CN(C)C)C5)c(C)c4)nccn23)c(F)c1F. The van der Waals surface area contributed by atoms with Gasteiger partial charge in [0.2, 0.25) is 11.7 Å². The Morgan fingerprint density at radius 2 is 1.95 bits per heavy atom. The molecule has 2 aromatic carbocycles. The molecular weight excluding hydrogens is 532 g/mol. The summed E-state index contributed by atoms with van der Waals surface area (Å²) in [6.45, 7) is 3.29. The summed E-state index contributed by atoms with van der Waals surface area (Å²) in [6.07, 6.45) is 5.30. The molecule has 0 unspecified atom stereocenters. The molecular formula is C29H31F2N7O3. The highest BCUT2D eigenvalue weighted by atomic mass is 19.2. The van der Waals surface area contributed by atoms with Crippen LogP contribution in [0.5, 0.6) is 5.75 Å². The van der Waals surface area contributed by atoms with Crippen LogP contribution in [0.3, 0.4) is 0 Å². The molecule has 0 spiro atoms. The van der Waals surface area contributed by atoms with Crippen molar-refractivity contribution in [2.45, 2.75) is 19.4 Å². The maximum absolute atomic E-state index is 14.8. The van der Waals surface area contributed by atoms with Crippen LogP contribution in [0.2, 0.25) is 0 Å². The molecule has 41 heavy (non-hydrogen) atoms. The Labute approximate surface area is 235 Å². The third-order valence-corrected chi connectivity index (χ3v) is 7.03. The van der Waals surface area contributed by atoms with Gasteiger partial charge in [0.15, 0.2) is 23.0 Å². The van der Waals surface area contributed by atoms with Gasteiger partial charge < -0.3 is 25.2 Å². The minimum absolute atomic E-state index is 0.0339. The highest BCUT2D eigenvalue weighted by molar-refractivity contribution is 5.96. The Hall–Kier alpha value is -4.58. The smallest absolute Gasteiger partial charge is 0.251 e. The van der Waals surface area contributed by atoms with Crippen molar-refractivity contribution >= 4 is 29.0 Å². The molecule has 1 fully saturated rings. The van der Waals surface area contributed by atoms with E-state index in [4.69, 9.17) is 4.74 Å². The number of aryl methyl sites for hydroxylation is 1.